The van der Waals surface area contributed by atoms with E-state index < -0.39 is 0 Å². The van der Waals surface area contributed by atoms with Crippen LogP contribution in [0, 0.1) is 0 Å². The van der Waals surface area contributed by atoms with Gasteiger partial charge in [-0.05, 0) is 0 Å². The fourth-order valence-electron chi connectivity index (χ4n) is 2.04. The van der Waals surface area contributed by atoms with E-state index in [0.29, 0.717) is 5.31 Å². The van der Waals surface area contributed by atoms with Crippen molar-refractivity contribution in [1.82, 2.24) is 0 Å². The summed E-state index contributed by atoms with van der Waals surface area (Å²) < 4.78 is 0. The molecule has 0 spiro atoms. The number of hydrogen-bond acceptors (Lipinski definition) is 0. The summed E-state index contributed by atoms with van der Waals surface area (Å²) in [7, 11) is 2.43. The summed E-state index contributed by atoms with van der Waals surface area (Å²) in [5, 5.41) is 0.643. The fraction of sp³-hybridized carbons (Fsp3) is 1.00. The minimum Gasteiger partial charge on any atom is -0.0669 e. The Morgan fingerprint density at radius 1 is 0.818 bits per heavy atom. The lowest BCUT2D eigenvalue weighted by atomic mass is 9.65. The molecule has 1 aliphatic carbocycles. The fourth-order valence-corrected chi connectivity index (χ4v) is 2.04. The Kier molecular flexibility index (Phi) is 3.48. The van der Waals surface area contributed by atoms with Gasteiger partial charge in [-0.1, -0.05) is 63.6 Å². The van der Waals surface area contributed by atoms with Crippen molar-refractivity contribution < 1.29 is 0 Å². The summed E-state index contributed by atoms with van der Waals surface area (Å²) in [5.41, 5.74) is 0. The predicted molar refractivity (Wildman–Crippen MR) is 53.8 cm³/mol. The maximum absolute atomic E-state index is 2.43. The first-order valence-electron chi connectivity index (χ1n) is 5.21. The van der Waals surface area contributed by atoms with E-state index >= 15 is 0 Å². The zero-order chi connectivity index (χ0) is 8.16. The van der Waals surface area contributed by atoms with Crippen LogP contribution in [-0.2, 0) is 0 Å². The van der Waals surface area contributed by atoms with E-state index in [4.69, 9.17) is 0 Å². The standard InChI is InChI=1S/C10H21B/c1-10(11)8-6-4-2-3-5-7-9-10/h2-9,11H2,1H3. The molecule has 0 nitrogen and oxygen atoms in total. The van der Waals surface area contributed by atoms with Crippen molar-refractivity contribution in [2.45, 2.75) is 63.6 Å². The largest absolute Gasteiger partial charge is 0.109 e. The molecule has 1 heteroatoms. The highest BCUT2D eigenvalue weighted by Gasteiger charge is 2.17. The lowest BCUT2D eigenvalue weighted by Gasteiger charge is -2.23. The Morgan fingerprint density at radius 2 is 1.18 bits per heavy atom. The molecule has 0 aliphatic heterocycles. The molecule has 0 aromatic rings. The zero-order valence-corrected chi connectivity index (χ0v) is 8.16. The molecular formula is C10H21B. The molecule has 0 aromatic carbocycles. The third kappa shape index (κ3) is 3.84. The normalized spacial score (nSPS) is 26.6. The van der Waals surface area contributed by atoms with Crippen LogP contribution in [0.4, 0.5) is 0 Å². The molecule has 0 atom stereocenters. The van der Waals surface area contributed by atoms with Gasteiger partial charge in [-0.25, -0.2) is 0 Å². The molecule has 1 aliphatic rings. The lowest BCUT2D eigenvalue weighted by molar-refractivity contribution is 0.487. The average molecular weight is 152 g/mol. The van der Waals surface area contributed by atoms with Crippen LogP contribution >= 0.6 is 0 Å². The van der Waals surface area contributed by atoms with Gasteiger partial charge in [0.2, 0.25) is 0 Å². The number of rotatable bonds is 0. The molecular weight excluding hydrogens is 131 g/mol. The summed E-state index contributed by atoms with van der Waals surface area (Å²) in [6, 6.07) is 0. The van der Waals surface area contributed by atoms with Crippen molar-refractivity contribution in [1.29, 1.82) is 0 Å². The Bertz CT molecular complexity index is 95.4. The van der Waals surface area contributed by atoms with Gasteiger partial charge in [0.05, 0.1) is 0 Å². The summed E-state index contributed by atoms with van der Waals surface area (Å²) in [5.74, 6) is 0. The molecule has 0 amide bonds. The van der Waals surface area contributed by atoms with E-state index in [-0.39, 0.29) is 0 Å². The van der Waals surface area contributed by atoms with Crippen LogP contribution in [0.3, 0.4) is 0 Å². The second-order valence-electron chi connectivity index (χ2n) is 4.79. The lowest BCUT2D eigenvalue weighted by Crippen LogP contribution is -2.07. The maximum Gasteiger partial charge on any atom is 0.109 e. The van der Waals surface area contributed by atoms with Gasteiger partial charge in [0.1, 0.15) is 7.85 Å². The van der Waals surface area contributed by atoms with Crippen LogP contribution in [0.2, 0.25) is 5.31 Å². The average Bonchev–Trinajstić information content (AvgIpc) is 2.00. The second-order valence-corrected chi connectivity index (χ2v) is 4.79. The van der Waals surface area contributed by atoms with Gasteiger partial charge >= 0.3 is 0 Å². The third-order valence-electron chi connectivity index (χ3n) is 2.96. The smallest absolute Gasteiger partial charge is 0.0669 e. The Labute approximate surface area is 72.2 Å². The van der Waals surface area contributed by atoms with Crippen molar-refractivity contribution in [2.24, 2.45) is 0 Å². The second kappa shape index (κ2) is 4.18. The SMILES string of the molecule is BC1(C)CCCCCCCC1. The Balaban J connectivity index is 2.31. The van der Waals surface area contributed by atoms with Crippen molar-refractivity contribution >= 4 is 7.85 Å². The predicted octanol–water partition coefficient (Wildman–Crippen LogP) is 2.93. The molecule has 1 saturated carbocycles. The molecule has 1 fully saturated rings. The minimum absolute atomic E-state index is 0.643. The molecule has 0 saturated heterocycles. The topological polar surface area (TPSA) is 0 Å². The van der Waals surface area contributed by atoms with Crippen LogP contribution in [0.5, 0.6) is 0 Å². The molecule has 1 rings (SSSR count). The van der Waals surface area contributed by atoms with Crippen molar-refractivity contribution in [3.05, 3.63) is 0 Å². The molecule has 0 heterocycles. The van der Waals surface area contributed by atoms with Gasteiger partial charge in [-0.3, -0.25) is 0 Å². The van der Waals surface area contributed by atoms with E-state index in [1.807, 2.05) is 0 Å². The highest BCUT2D eigenvalue weighted by Crippen LogP contribution is 2.35. The Hall–Kier alpha value is 0.0649. The summed E-state index contributed by atoms with van der Waals surface area (Å²) in [6.45, 7) is 2.43. The van der Waals surface area contributed by atoms with Crippen LogP contribution in [0.25, 0.3) is 0 Å². The molecule has 0 unspecified atom stereocenters. The van der Waals surface area contributed by atoms with Crippen LogP contribution in [0.15, 0.2) is 0 Å². The molecule has 64 valence electrons. The van der Waals surface area contributed by atoms with Crippen LogP contribution in [-0.4, -0.2) is 7.85 Å². The summed E-state index contributed by atoms with van der Waals surface area (Å²) >= 11 is 0. The summed E-state index contributed by atoms with van der Waals surface area (Å²) in [4.78, 5) is 0. The first kappa shape index (κ1) is 9.16. The first-order valence-corrected chi connectivity index (χ1v) is 5.21. The summed E-state index contributed by atoms with van der Waals surface area (Å²) in [6.07, 6.45) is 11.7. The van der Waals surface area contributed by atoms with Gasteiger partial charge in [0.25, 0.3) is 0 Å². The highest BCUT2D eigenvalue weighted by molar-refractivity contribution is 6.14. The highest BCUT2D eigenvalue weighted by atomic mass is 14.2. The Morgan fingerprint density at radius 3 is 1.64 bits per heavy atom. The van der Waals surface area contributed by atoms with Crippen molar-refractivity contribution in [3.63, 3.8) is 0 Å². The molecule has 0 radical (unpaired) electrons. The minimum atomic E-state index is 0.643. The van der Waals surface area contributed by atoms with Crippen molar-refractivity contribution in [3.8, 4) is 0 Å². The number of hydrogen-bond donors (Lipinski definition) is 0. The van der Waals surface area contributed by atoms with Gasteiger partial charge < -0.3 is 0 Å². The molecule has 0 aromatic heterocycles. The van der Waals surface area contributed by atoms with Crippen molar-refractivity contribution in [2.75, 3.05) is 0 Å². The van der Waals surface area contributed by atoms with Gasteiger partial charge in [0, 0.05) is 0 Å². The molecule has 11 heavy (non-hydrogen) atoms. The van der Waals surface area contributed by atoms with E-state index in [1.165, 1.54) is 51.4 Å². The third-order valence-corrected chi connectivity index (χ3v) is 2.96. The van der Waals surface area contributed by atoms with E-state index in [1.54, 1.807) is 0 Å². The van der Waals surface area contributed by atoms with E-state index in [9.17, 15) is 0 Å². The molecule has 0 bridgehead atoms. The molecule has 0 N–H and O–H groups in total. The van der Waals surface area contributed by atoms with Gasteiger partial charge in [0.15, 0.2) is 0 Å². The maximum atomic E-state index is 2.43. The monoisotopic (exact) mass is 152 g/mol. The van der Waals surface area contributed by atoms with E-state index in [2.05, 4.69) is 14.8 Å². The van der Waals surface area contributed by atoms with Gasteiger partial charge in [-0.15, -0.1) is 0 Å². The first-order chi connectivity index (χ1) is 5.21. The van der Waals surface area contributed by atoms with Crippen LogP contribution < -0.4 is 0 Å². The quantitative estimate of drug-likeness (QED) is 0.468. The van der Waals surface area contributed by atoms with E-state index in [0.717, 1.165) is 0 Å². The van der Waals surface area contributed by atoms with Crippen LogP contribution in [0.1, 0.15) is 58.3 Å². The zero-order valence-electron chi connectivity index (χ0n) is 8.16. The van der Waals surface area contributed by atoms with Gasteiger partial charge in [-0.2, -0.15) is 0 Å².